The van der Waals surface area contributed by atoms with Crippen molar-refractivity contribution in [3.8, 4) is 0 Å². The maximum atomic E-state index is 13.0. The monoisotopic (exact) mass is 523 g/mol. The number of carbonyl (C=O) groups is 1. The number of hydrogen-bond acceptors (Lipinski definition) is 1. The van der Waals surface area contributed by atoms with E-state index in [0.717, 1.165) is 30.4 Å². The zero-order valence-corrected chi connectivity index (χ0v) is 25.0. The van der Waals surface area contributed by atoms with E-state index in [-0.39, 0.29) is 5.91 Å². The van der Waals surface area contributed by atoms with E-state index < -0.39 is 10.6 Å². The minimum Gasteiger partial charge on any atom is -0.369 e. The Kier molecular flexibility index (Phi) is 15.2. The van der Waals surface area contributed by atoms with Gasteiger partial charge >= 0.3 is 0 Å². The summed E-state index contributed by atoms with van der Waals surface area (Å²) >= 11 is 0. The first kappa shape index (κ1) is 31.6. The predicted octanol–water partition coefficient (Wildman–Crippen LogP) is 9.95. The smallest absolute Gasteiger partial charge is 0.224 e. The summed E-state index contributed by atoms with van der Waals surface area (Å²) in [6.07, 6.45) is 22.3. The van der Waals surface area contributed by atoms with Gasteiger partial charge in [-0.25, -0.2) is 0 Å². The molecule has 2 N–H and O–H groups in total. The van der Waals surface area contributed by atoms with Crippen molar-refractivity contribution >= 4 is 15.1 Å². The largest absolute Gasteiger partial charge is 0.369 e. The molecule has 0 aliphatic rings. The lowest BCUT2D eigenvalue weighted by molar-refractivity contribution is -0.128. The highest BCUT2D eigenvalue weighted by molar-refractivity contribution is 7.19. The molecule has 1 amide bonds. The summed E-state index contributed by atoms with van der Waals surface area (Å²) in [5.74, 6) is -0.226. The van der Waals surface area contributed by atoms with E-state index in [4.69, 9.17) is 5.73 Å². The fraction of sp³-hybridized carbons (Fsp3) is 0.618. The predicted molar refractivity (Wildman–Crippen MR) is 165 cm³/mol. The van der Waals surface area contributed by atoms with Gasteiger partial charge in [-0.3, -0.25) is 4.79 Å². The van der Waals surface area contributed by atoms with Crippen LogP contribution in [0.5, 0.6) is 0 Å². The lowest BCUT2D eigenvalue weighted by Crippen LogP contribution is -2.49. The van der Waals surface area contributed by atoms with Crippen LogP contribution in [0.1, 0.15) is 134 Å². The van der Waals surface area contributed by atoms with Gasteiger partial charge in [0.25, 0.3) is 0 Å². The van der Waals surface area contributed by atoms with Gasteiger partial charge in [-0.2, -0.15) is 0 Å². The van der Waals surface area contributed by atoms with Crippen LogP contribution in [-0.4, -0.2) is 5.91 Å². The Morgan fingerprint density at radius 2 is 0.946 bits per heavy atom. The zero-order chi connectivity index (χ0) is 26.8. The van der Waals surface area contributed by atoms with Crippen molar-refractivity contribution in [1.29, 1.82) is 0 Å². The molecule has 2 rings (SSSR count). The highest BCUT2D eigenvalue weighted by Gasteiger charge is 2.50. The Morgan fingerprint density at radius 1 is 0.622 bits per heavy atom. The second-order valence-corrected chi connectivity index (χ2v) is 12.2. The minimum atomic E-state index is -0.698. The summed E-state index contributed by atoms with van der Waals surface area (Å²) in [6, 6.07) is 20.7. The van der Waals surface area contributed by atoms with Gasteiger partial charge in [-0.15, -0.1) is 9.24 Å². The van der Waals surface area contributed by atoms with Crippen molar-refractivity contribution in [2.24, 2.45) is 11.1 Å². The second kappa shape index (κ2) is 17.8. The van der Waals surface area contributed by atoms with Crippen LogP contribution in [0.4, 0.5) is 0 Å². The molecular weight excluding hydrogens is 469 g/mol. The fourth-order valence-electron chi connectivity index (χ4n) is 5.75. The maximum Gasteiger partial charge on any atom is 0.224 e. The lowest BCUT2D eigenvalue weighted by atomic mass is 9.66. The molecule has 0 saturated heterocycles. The zero-order valence-electron chi connectivity index (χ0n) is 23.9. The SMILES string of the molecule is CCCCCCCCCCCCCCCCCCC(C)(C(N)=O)C(P)(c1ccccc1)c1ccccc1. The van der Waals surface area contributed by atoms with Crippen LogP contribution in [0.3, 0.4) is 0 Å². The summed E-state index contributed by atoms with van der Waals surface area (Å²) in [4.78, 5) is 13.0. The first-order valence-corrected chi connectivity index (χ1v) is 15.7. The van der Waals surface area contributed by atoms with Crippen LogP contribution in [0, 0.1) is 5.41 Å². The Bertz CT molecular complexity index is 813. The summed E-state index contributed by atoms with van der Waals surface area (Å²) in [5.41, 5.74) is 7.68. The van der Waals surface area contributed by atoms with E-state index in [2.05, 4.69) is 47.4 Å². The van der Waals surface area contributed by atoms with Gasteiger partial charge in [0, 0.05) is 5.16 Å². The number of amides is 1. The van der Waals surface area contributed by atoms with E-state index in [0.29, 0.717) is 0 Å². The van der Waals surface area contributed by atoms with Crippen molar-refractivity contribution in [3.63, 3.8) is 0 Å². The molecule has 206 valence electrons. The Labute approximate surface area is 230 Å². The number of unbranched alkanes of at least 4 members (excludes halogenated alkanes) is 15. The summed E-state index contributed by atoms with van der Waals surface area (Å²) in [7, 11) is 3.03. The standard InChI is InChI=1S/C34H54NOP/c1-3-4-5-6-7-8-9-10-11-12-13-14-15-16-17-24-29-33(2,32(35)36)34(37,30-25-20-18-21-26-30)31-27-22-19-23-28-31/h18-23,25-28H,3-17,24,29,37H2,1-2H3,(H2,35,36). The van der Waals surface area contributed by atoms with Crippen molar-refractivity contribution in [2.75, 3.05) is 0 Å². The molecular formula is C34H54NOP. The highest BCUT2D eigenvalue weighted by Crippen LogP contribution is 2.54. The van der Waals surface area contributed by atoms with Crippen LogP contribution < -0.4 is 5.73 Å². The van der Waals surface area contributed by atoms with E-state index in [1.807, 2.05) is 36.4 Å². The first-order valence-electron chi connectivity index (χ1n) is 15.2. The lowest BCUT2D eigenvalue weighted by Gasteiger charge is -2.45. The van der Waals surface area contributed by atoms with E-state index >= 15 is 0 Å². The van der Waals surface area contributed by atoms with Gasteiger partial charge in [0.05, 0.1) is 5.41 Å². The van der Waals surface area contributed by atoms with Gasteiger partial charge in [0.15, 0.2) is 0 Å². The summed E-state index contributed by atoms with van der Waals surface area (Å²) in [5, 5.41) is -0.559. The van der Waals surface area contributed by atoms with E-state index in [1.54, 1.807) is 0 Å². The van der Waals surface area contributed by atoms with Gasteiger partial charge < -0.3 is 5.73 Å². The Morgan fingerprint density at radius 3 is 1.27 bits per heavy atom. The van der Waals surface area contributed by atoms with Crippen LogP contribution >= 0.6 is 9.24 Å². The molecule has 3 heteroatoms. The number of rotatable bonds is 21. The molecule has 0 aliphatic heterocycles. The second-order valence-electron chi connectivity index (χ2n) is 11.3. The number of benzene rings is 2. The molecule has 2 aromatic rings. The Hall–Kier alpha value is -1.66. The van der Waals surface area contributed by atoms with Crippen molar-refractivity contribution in [2.45, 2.75) is 128 Å². The molecule has 0 aromatic heterocycles. The van der Waals surface area contributed by atoms with Gasteiger partial charge in [-0.1, -0.05) is 170 Å². The maximum absolute atomic E-state index is 13.0. The quantitative estimate of drug-likeness (QED) is 0.128. The van der Waals surface area contributed by atoms with Crippen LogP contribution in [-0.2, 0) is 9.95 Å². The average Bonchev–Trinajstić information content (AvgIpc) is 2.93. The normalized spacial score (nSPS) is 13.4. The van der Waals surface area contributed by atoms with Crippen LogP contribution in [0.2, 0.25) is 0 Å². The number of carbonyl (C=O) groups excluding carboxylic acids is 1. The number of nitrogens with two attached hydrogens (primary N) is 1. The van der Waals surface area contributed by atoms with Crippen molar-refractivity contribution in [3.05, 3.63) is 71.8 Å². The molecule has 2 unspecified atom stereocenters. The van der Waals surface area contributed by atoms with E-state index in [9.17, 15) is 4.79 Å². The number of hydrogen-bond donors (Lipinski definition) is 1. The average molecular weight is 524 g/mol. The third kappa shape index (κ3) is 9.86. The minimum absolute atomic E-state index is 0.226. The molecule has 0 heterocycles. The summed E-state index contributed by atoms with van der Waals surface area (Å²) in [6.45, 7) is 4.35. The van der Waals surface area contributed by atoms with Crippen LogP contribution in [0.25, 0.3) is 0 Å². The highest BCUT2D eigenvalue weighted by atomic mass is 31.0. The molecule has 0 spiro atoms. The molecule has 0 radical (unpaired) electrons. The molecule has 2 nitrogen and oxygen atoms in total. The van der Waals surface area contributed by atoms with E-state index in [1.165, 1.54) is 89.9 Å². The molecule has 37 heavy (non-hydrogen) atoms. The Balaban J connectivity index is 1.73. The van der Waals surface area contributed by atoms with Gasteiger partial charge in [0.2, 0.25) is 5.91 Å². The molecule has 0 bridgehead atoms. The van der Waals surface area contributed by atoms with Crippen LogP contribution in [0.15, 0.2) is 60.7 Å². The number of primary amides is 1. The molecule has 0 fully saturated rings. The molecule has 2 aromatic carbocycles. The third-order valence-corrected chi connectivity index (χ3v) is 9.71. The molecule has 0 aliphatic carbocycles. The van der Waals surface area contributed by atoms with Crippen molar-refractivity contribution in [1.82, 2.24) is 0 Å². The topological polar surface area (TPSA) is 43.1 Å². The molecule has 2 atom stereocenters. The fourth-order valence-corrected chi connectivity index (χ4v) is 6.42. The first-order chi connectivity index (χ1) is 18.0. The summed E-state index contributed by atoms with van der Waals surface area (Å²) < 4.78 is 0. The van der Waals surface area contributed by atoms with Crippen molar-refractivity contribution < 1.29 is 4.79 Å². The third-order valence-electron chi connectivity index (χ3n) is 8.40. The van der Waals surface area contributed by atoms with Gasteiger partial charge in [0.1, 0.15) is 0 Å². The van der Waals surface area contributed by atoms with Gasteiger partial charge in [-0.05, 0) is 24.5 Å². The molecule has 0 saturated carbocycles.